The number of carboxylic acids is 1. The molecule has 0 unspecified atom stereocenters. The molecule has 2 heterocycles. The van der Waals surface area contributed by atoms with Crippen molar-refractivity contribution in [2.75, 3.05) is 39.3 Å². The summed E-state index contributed by atoms with van der Waals surface area (Å²) >= 11 is 0. The number of rotatable bonds is 25. The van der Waals surface area contributed by atoms with Crippen LogP contribution in [0.1, 0.15) is 96.3 Å². The van der Waals surface area contributed by atoms with Crippen LogP contribution >= 0.6 is 0 Å². The Morgan fingerprint density at radius 1 is 0.635 bits per heavy atom. The van der Waals surface area contributed by atoms with E-state index in [1.54, 1.807) is 0 Å². The van der Waals surface area contributed by atoms with Gasteiger partial charge in [0.05, 0.1) is 12.1 Å². The molecule has 18 nitrogen and oxygen atoms in total. The number of nitrogens with two attached hydrogens (primary N) is 5. The van der Waals surface area contributed by atoms with Crippen LogP contribution in [0, 0.1) is 0 Å². The molecule has 2 aliphatic rings. The van der Waals surface area contributed by atoms with Crippen LogP contribution in [0.25, 0.3) is 0 Å². The predicted octanol–water partition coefficient (Wildman–Crippen LogP) is -2.68. The number of aliphatic carboxylic acids is 1. The SMILES string of the molecule is NCCCC[C@H](NC(=O)[C@@H]1C[C@@H](O)CN1C(=O)[C@H](CCCCN)NC(=O)[C@H](CCCCN)NC(=O)[C@@H]1CCCN1C(=O)[C@@H](N)CCCCN)C(=O)O. The van der Waals surface area contributed by atoms with Crippen molar-refractivity contribution in [2.24, 2.45) is 28.7 Å². The Morgan fingerprint density at radius 2 is 1.13 bits per heavy atom. The molecule has 2 saturated heterocycles. The molecule has 18 heteroatoms. The van der Waals surface area contributed by atoms with Crippen LogP contribution in [-0.2, 0) is 28.8 Å². The van der Waals surface area contributed by atoms with Gasteiger partial charge in [0.2, 0.25) is 29.5 Å². The van der Waals surface area contributed by atoms with Crippen molar-refractivity contribution >= 4 is 35.5 Å². The molecule has 0 aromatic rings. The minimum atomic E-state index is -1.23. The number of aliphatic hydroxyl groups is 1. The number of β-amino-alcohol motifs (C(OH)–C–C–N with tert-alkyl or cyclic N) is 1. The molecule has 0 saturated carbocycles. The maximum atomic E-state index is 14.0. The molecule has 52 heavy (non-hydrogen) atoms. The van der Waals surface area contributed by atoms with E-state index in [9.17, 15) is 39.0 Å². The van der Waals surface area contributed by atoms with Crippen LogP contribution in [0.3, 0.4) is 0 Å². The van der Waals surface area contributed by atoms with E-state index in [1.165, 1.54) is 9.80 Å². The quantitative estimate of drug-likeness (QED) is 0.0427. The number of unbranched alkanes of at least 4 members (excludes halogenated alkanes) is 4. The number of aliphatic hydroxyl groups excluding tert-OH is 1. The highest BCUT2D eigenvalue weighted by atomic mass is 16.4. The smallest absolute Gasteiger partial charge is 0.326 e. The van der Waals surface area contributed by atoms with Gasteiger partial charge in [-0.05, 0) is 110 Å². The Kier molecular flexibility index (Phi) is 20.7. The summed E-state index contributed by atoms with van der Waals surface area (Å²) in [6.45, 7) is 1.74. The van der Waals surface area contributed by atoms with Crippen LogP contribution in [-0.4, -0.2) is 137 Å². The summed E-state index contributed by atoms with van der Waals surface area (Å²) in [6, 6.07) is -6.15. The van der Waals surface area contributed by atoms with Crippen LogP contribution < -0.4 is 44.6 Å². The van der Waals surface area contributed by atoms with Crippen LogP contribution in [0.4, 0.5) is 0 Å². The minimum absolute atomic E-state index is 0.110. The Balaban J connectivity index is 2.24. The van der Waals surface area contributed by atoms with Gasteiger partial charge in [-0.15, -0.1) is 0 Å². The summed E-state index contributed by atoms with van der Waals surface area (Å²) in [5.74, 6) is -4.04. The van der Waals surface area contributed by atoms with Gasteiger partial charge in [0.25, 0.3) is 0 Å². The summed E-state index contributed by atoms with van der Waals surface area (Å²) in [6.07, 6.45) is 5.34. The first-order chi connectivity index (χ1) is 24.9. The Bertz CT molecular complexity index is 1160. The maximum Gasteiger partial charge on any atom is 0.326 e. The third-order valence-corrected chi connectivity index (χ3v) is 9.69. The summed E-state index contributed by atoms with van der Waals surface area (Å²) in [5.41, 5.74) is 28.6. The molecule has 2 fully saturated rings. The average molecular weight is 741 g/mol. The summed E-state index contributed by atoms with van der Waals surface area (Å²) < 4.78 is 0. The lowest BCUT2D eigenvalue weighted by molar-refractivity contribution is -0.145. The lowest BCUT2D eigenvalue weighted by Crippen LogP contribution is -2.59. The van der Waals surface area contributed by atoms with Gasteiger partial charge in [0, 0.05) is 19.5 Å². The first kappa shape index (κ1) is 44.7. The zero-order chi connectivity index (χ0) is 38.6. The van der Waals surface area contributed by atoms with Crippen LogP contribution in [0.2, 0.25) is 0 Å². The number of hydrogen-bond acceptors (Lipinski definition) is 12. The van der Waals surface area contributed by atoms with Gasteiger partial charge in [0.1, 0.15) is 30.2 Å². The van der Waals surface area contributed by atoms with E-state index in [-0.39, 0.29) is 38.1 Å². The number of carboxylic acid groups (broad SMARTS) is 1. The van der Waals surface area contributed by atoms with Gasteiger partial charge in [-0.3, -0.25) is 24.0 Å². The van der Waals surface area contributed by atoms with Gasteiger partial charge >= 0.3 is 5.97 Å². The number of nitrogens with zero attached hydrogens (tertiary/aromatic N) is 2. The van der Waals surface area contributed by atoms with Gasteiger partial charge in [0.15, 0.2) is 0 Å². The Hall–Kier alpha value is -3.42. The monoisotopic (exact) mass is 740 g/mol. The topological polar surface area (TPSA) is 316 Å². The second-order valence-electron chi connectivity index (χ2n) is 13.9. The van der Waals surface area contributed by atoms with E-state index < -0.39 is 72.0 Å². The number of amides is 5. The number of nitrogens with one attached hydrogen (secondary N) is 3. The molecule has 15 N–H and O–H groups in total. The number of carbonyl (C=O) groups is 6. The lowest BCUT2D eigenvalue weighted by Gasteiger charge is -2.31. The molecule has 0 aliphatic carbocycles. The third kappa shape index (κ3) is 14.2. The van der Waals surface area contributed by atoms with Gasteiger partial charge in [-0.2, -0.15) is 0 Å². The highest BCUT2D eigenvalue weighted by molar-refractivity contribution is 5.96. The van der Waals surface area contributed by atoms with Crippen molar-refractivity contribution in [3.05, 3.63) is 0 Å². The third-order valence-electron chi connectivity index (χ3n) is 9.69. The lowest BCUT2D eigenvalue weighted by atomic mass is 10.0. The second kappa shape index (κ2) is 24.0. The number of likely N-dealkylation sites (tertiary alicyclic amines) is 2. The van der Waals surface area contributed by atoms with E-state index in [0.717, 1.165) is 6.42 Å². The van der Waals surface area contributed by atoms with Gasteiger partial charge < -0.3 is 64.6 Å². The number of hydrogen-bond donors (Lipinski definition) is 10. The molecule has 0 spiro atoms. The normalized spacial score (nSPS) is 20.9. The number of carbonyl (C=O) groups excluding carboxylic acids is 5. The Morgan fingerprint density at radius 3 is 1.69 bits per heavy atom. The van der Waals surface area contributed by atoms with E-state index in [4.69, 9.17) is 28.7 Å². The van der Waals surface area contributed by atoms with E-state index >= 15 is 0 Å². The molecule has 0 radical (unpaired) electrons. The highest BCUT2D eigenvalue weighted by Crippen LogP contribution is 2.22. The molecular formula is C34H64N10O8. The van der Waals surface area contributed by atoms with E-state index in [2.05, 4.69) is 16.0 Å². The molecule has 0 bridgehead atoms. The predicted molar refractivity (Wildman–Crippen MR) is 194 cm³/mol. The first-order valence-electron chi connectivity index (χ1n) is 18.9. The van der Waals surface area contributed by atoms with Crippen molar-refractivity contribution in [2.45, 2.75) is 139 Å². The zero-order valence-electron chi connectivity index (χ0n) is 30.5. The maximum absolute atomic E-state index is 14.0. The summed E-state index contributed by atoms with van der Waals surface area (Å²) in [5, 5.41) is 28.3. The van der Waals surface area contributed by atoms with Crippen molar-refractivity contribution in [1.82, 2.24) is 25.8 Å². The van der Waals surface area contributed by atoms with Gasteiger partial charge in [-0.1, -0.05) is 6.42 Å². The zero-order valence-corrected chi connectivity index (χ0v) is 30.5. The Labute approximate surface area is 306 Å². The van der Waals surface area contributed by atoms with E-state index in [1.807, 2.05) is 0 Å². The minimum Gasteiger partial charge on any atom is -0.480 e. The first-order valence-corrected chi connectivity index (χ1v) is 18.9. The van der Waals surface area contributed by atoms with Crippen LogP contribution in [0.5, 0.6) is 0 Å². The fraction of sp³-hybridized carbons (Fsp3) is 0.824. The van der Waals surface area contributed by atoms with Crippen LogP contribution in [0.15, 0.2) is 0 Å². The summed E-state index contributed by atoms with van der Waals surface area (Å²) in [4.78, 5) is 82.6. The average Bonchev–Trinajstić information content (AvgIpc) is 3.77. The molecule has 2 rings (SSSR count). The molecule has 298 valence electrons. The molecular weight excluding hydrogens is 676 g/mol. The highest BCUT2D eigenvalue weighted by Gasteiger charge is 2.43. The molecule has 2 aliphatic heterocycles. The molecule has 0 aromatic heterocycles. The largest absolute Gasteiger partial charge is 0.480 e. The van der Waals surface area contributed by atoms with Crippen molar-refractivity contribution in [1.29, 1.82) is 0 Å². The van der Waals surface area contributed by atoms with Gasteiger partial charge in [-0.25, -0.2) is 4.79 Å². The fourth-order valence-electron chi connectivity index (χ4n) is 6.72. The second-order valence-corrected chi connectivity index (χ2v) is 13.9. The standard InChI is InChI=1S/C34H64N10O8/c35-15-5-1-10-23(39)32(49)43-19-9-14-27(43)30(47)40-24(11-2-6-16-36)29(46)41-25(12-3-7-17-37)33(50)44-21-22(45)20-28(44)31(48)42-26(34(51)52)13-4-8-18-38/h22-28,45H,1-21,35-39H2,(H,40,47)(H,41,46)(H,42,48)(H,51,52)/t22-,23+,24+,25+,26+,27+,28+/m1/s1. The van der Waals surface area contributed by atoms with Crippen molar-refractivity contribution in [3.8, 4) is 0 Å². The molecule has 5 amide bonds. The van der Waals surface area contributed by atoms with Crippen molar-refractivity contribution in [3.63, 3.8) is 0 Å². The summed E-state index contributed by atoms with van der Waals surface area (Å²) in [7, 11) is 0. The van der Waals surface area contributed by atoms with E-state index in [0.29, 0.717) is 96.9 Å². The fourth-order valence-corrected chi connectivity index (χ4v) is 6.72. The molecule has 7 atom stereocenters. The molecule has 0 aromatic carbocycles. The van der Waals surface area contributed by atoms with Crippen molar-refractivity contribution < 1.29 is 39.0 Å².